The number of halogens is 1. The van der Waals surface area contributed by atoms with Gasteiger partial charge in [0.25, 0.3) is 0 Å². The molecule has 1 aromatic carbocycles. The molecule has 0 spiro atoms. The van der Waals surface area contributed by atoms with Crippen LogP contribution in [0.4, 0.5) is 0 Å². The maximum Gasteiger partial charge on any atom is 0.0697 e. The fraction of sp³-hybridized carbons (Fsp3) is 0.500. The van der Waals surface area contributed by atoms with Crippen molar-refractivity contribution in [1.29, 1.82) is 5.26 Å². The molecule has 0 aromatic heterocycles. The summed E-state index contributed by atoms with van der Waals surface area (Å²) in [5.74, 6) is 0. The molecule has 0 aliphatic carbocycles. The summed E-state index contributed by atoms with van der Waals surface area (Å²) in [6, 6.07) is 11.0. The molecule has 92 valence electrons. The molecular weight excluding hydrogens is 276 g/mol. The first-order valence-corrected chi connectivity index (χ1v) is 6.68. The van der Waals surface area contributed by atoms with Gasteiger partial charge in [-0.1, -0.05) is 35.0 Å². The largest absolute Gasteiger partial charge is 0.308 e. The number of hydrogen-bond donors (Lipinski definition) is 1. The van der Waals surface area contributed by atoms with Crippen LogP contribution in [0.2, 0.25) is 0 Å². The summed E-state index contributed by atoms with van der Waals surface area (Å²) in [5, 5.41) is 12.4. The van der Waals surface area contributed by atoms with Crippen molar-refractivity contribution >= 4 is 15.9 Å². The van der Waals surface area contributed by atoms with Crippen LogP contribution in [0.3, 0.4) is 0 Å². The van der Waals surface area contributed by atoms with Crippen LogP contribution in [0.1, 0.15) is 38.8 Å². The fourth-order valence-electron chi connectivity index (χ4n) is 1.61. The Morgan fingerprint density at radius 3 is 2.41 bits per heavy atom. The van der Waals surface area contributed by atoms with Crippen molar-refractivity contribution in [2.45, 2.75) is 33.2 Å². The fourth-order valence-corrected chi connectivity index (χ4v) is 1.88. The zero-order valence-corrected chi connectivity index (χ0v) is 12.2. The number of nitrogens with zero attached hydrogens (tertiary/aromatic N) is 1. The summed E-state index contributed by atoms with van der Waals surface area (Å²) in [6.45, 7) is 6.76. The average Bonchev–Trinajstić information content (AvgIpc) is 2.32. The molecule has 3 heteroatoms. The van der Waals surface area contributed by atoms with Gasteiger partial charge in [-0.15, -0.1) is 0 Å². The quantitative estimate of drug-likeness (QED) is 0.890. The van der Waals surface area contributed by atoms with Crippen LogP contribution < -0.4 is 5.32 Å². The zero-order valence-electron chi connectivity index (χ0n) is 10.6. The number of benzene rings is 1. The molecule has 0 aliphatic heterocycles. The van der Waals surface area contributed by atoms with E-state index in [0.717, 1.165) is 10.9 Å². The number of nitriles is 1. The van der Waals surface area contributed by atoms with Crippen molar-refractivity contribution in [3.8, 4) is 6.07 Å². The van der Waals surface area contributed by atoms with Crippen LogP contribution in [-0.4, -0.2) is 6.54 Å². The summed E-state index contributed by atoms with van der Waals surface area (Å²) in [6.07, 6.45) is 1.02. The third-order valence-corrected chi connectivity index (χ3v) is 3.30. The molecule has 1 aromatic rings. The normalized spacial score (nSPS) is 13.1. The van der Waals surface area contributed by atoms with Crippen LogP contribution in [0.25, 0.3) is 0 Å². The minimum Gasteiger partial charge on any atom is -0.308 e. The molecule has 1 unspecified atom stereocenters. The average molecular weight is 295 g/mol. The Balaban J connectivity index is 2.67. The molecule has 0 fully saturated rings. The summed E-state index contributed by atoms with van der Waals surface area (Å²) in [4.78, 5) is 0. The van der Waals surface area contributed by atoms with Gasteiger partial charge >= 0.3 is 0 Å². The van der Waals surface area contributed by atoms with Gasteiger partial charge in [-0.05, 0) is 38.0 Å². The molecule has 0 amide bonds. The third-order valence-electron chi connectivity index (χ3n) is 2.77. The second-order valence-electron chi connectivity index (χ2n) is 4.89. The van der Waals surface area contributed by atoms with Crippen LogP contribution in [-0.2, 0) is 0 Å². The Morgan fingerprint density at radius 2 is 1.94 bits per heavy atom. The van der Waals surface area contributed by atoms with E-state index in [2.05, 4.69) is 58.5 Å². The van der Waals surface area contributed by atoms with Gasteiger partial charge in [-0.3, -0.25) is 0 Å². The molecule has 0 aliphatic rings. The lowest BCUT2D eigenvalue weighted by Crippen LogP contribution is -2.31. The van der Waals surface area contributed by atoms with Crippen LogP contribution in [0.5, 0.6) is 0 Å². The standard InChI is InChI=1S/C14H19BrN2/c1-4-13(17-10-14(2,3)9-16)11-5-7-12(15)8-6-11/h5-8,13,17H,4,10H2,1-3H3. The monoisotopic (exact) mass is 294 g/mol. The van der Waals surface area contributed by atoms with Crippen LogP contribution >= 0.6 is 15.9 Å². The van der Waals surface area contributed by atoms with E-state index in [1.54, 1.807) is 0 Å². The third kappa shape index (κ3) is 4.49. The molecule has 0 radical (unpaired) electrons. The molecule has 0 heterocycles. The SMILES string of the molecule is CCC(NCC(C)(C)C#N)c1ccc(Br)cc1. The van der Waals surface area contributed by atoms with E-state index in [4.69, 9.17) is 5.26 Å². The van der Waals surface area contributed by atoms with Gasteiger partial charge in [0.2, 0.25) is 0 Å². The Bertz CT molecular complexity index is 390. The van der Waals surface area contributed by atoms with Crippen LogP contribution in [0.15, 0.2) is 28.7 Å². The molecule has 0 saturated heterocycles. The summed E-state index contributed by atoms with van der Waals surface area (Å²) < 4.78 is 1.09. The van der Waals surface area contributed by atoms with Gasteiger partial charge in [0, 0.05) is 17.1 Å². The van der Waals surface area contributed by atoms with Crippen LogP contribution in [0, 0.1) is 16.7 Å². The molecule has 1 rings (SSSR count). The summed E-state index contributed by atoms with van der Waals surface area (Å²) in [5.41, 5.74) is 0.951. The number of hydrogen-bond acceptors (Lipinski definition) is 2. The molecule has 0 bridgehead atoms. The molecule has 2 nitrogen and oxygen atoms in total. The van der Waals surface area contributed by atoms with E-state index in [1.807, 2.05) is 13.8 Å². The highest BCUT2D eigenvalue weighted by Crippen LogP contribution is 2.21. The highest BCUT2D eigenvalue weighted by atomic mass is 79.9. The van der Waals surface area contributed by atoms with E-state index >= 15 is 0 Å². The lowest BCUT2D eigenvalue weighted by Gasteiger charge is -2.22. The Hall–Kier alpha value is -0.850. The van der Waals surface area contributed by atoms with Gasteiger partial charge in [0.1, 0.15) is 0 Å². The van der Waals surface area contributed by atoms with Crippen molar-refractivity contribution < 1.29 is 0 Å². The molecule has 17 heavy (non-hydrogen) atoms. The highest BCUT2D eigenvalue weighted by Gasteiger charge is 2.18. The zero-order chi connectivity index (χ0) is 12.9. The van der Waals surface area contributed by atoms with E-state index in [0.29, 0.717) is 12.6 Å². The van der Waals surface area contributed by atoms with Gasteiger partial charge in [-0.25, -0.2) is 0 Å². The van der Waals surface area contributed by atoms with Gasteiger partial charge in [0.05, 0.1) is 11.5 Å². The lowest BCUT2D eigenvalue weighted by atomic mass is 9.94. The number of nitrogens with one attached hydrogen (secondary N) is 1. The van der Waals surface area contributed by atoms with E-state index in [1.165, 1.54) is 5.56 Å². The molecule has 0 saturated carbocycles. The first kappa shape index (κ1) is 14.2. The smallest absolute Gasteiger partial charge is 0.0697 e. The lowest BCUT2D eigenvalue weighted by molar-refractivity contribution is 0.398. The van der Waals surface area contributed by atoms with Crippen molar-refractivity contribution in [3.63, 3.8) is 0 Å². The van der Waals surface area contributed by atoms with Gasteiger partial charge in [0.15, 0.2) is 0 Å². The summed E-state index contributed by atoms with van der Waals surface area (Å²) >= 11 is 3.43. The first-order chi connectivity index (χ1) is 7.98. The van der Waals surface area contributed by atoms with Gasteiger partial charge < -0.3 is 5.32 Å². The Morgan fingerprint density at radius 1 is 1.35 bits per heavy atom. The Kier molecular flexibility index (Phi) is 5.17. The van der Waals surface area contributed by atoms with E-state index in [9.17, 15) is 0 Å². The Labute approximate surface area is 112 Å². The van der Waals surface area contributed by atoms with Crippen molar-refractivity contribution in [1.82, 2.24) is 5.32 Å². The van der Waals surface area contributed by atoms with Crippen molar-refractivity contribution in [3.05, 3.63) is 34.3 Å². The maximum atomic E-state index is 8.99. The minimum atomic E-state index is -0.317. The molecule has 1 atom stereocenters. The minimum absolute atomic E-state index is 0.315. The predicted octanol–water partition coefficient (Wildman–Crippen LogP) is 4.04. The van der Waals surface area contributed by atoms with Crippen molar-refractivity contribution in [2.24, 2.45) is 5.41 Å². The van der Waals surface area contributed by atoms with E-state index in [-0.39, 0.29) is 5.41 Å². The first-order valence-electron chi connectivity index (χ1n) is 5.88. The highest BCUT2D eigenvalue weighted by molar-refractivity contribution is 9.10. The topological polar surface area (TPSA) is 35.8 Å². The maximum absolute atomic E-state index is 8.99. The van der Waals surface area contributed by atoms with E-state index < -0.39 is 0 Å². The predicted molar refractivity (Wildman–Crippen MR) is 74.6 cm³/mol. The van der Waals surface area contributed by atoms with Gasteiger partial charge in [-0.2, -0.15) is 5.26 Å². The second-order valence-corrected chi connectivity index (χ2v) is 5.80. The second kappa shape index (κ2) is 6.18. The van der Waals surface area contributed by atoms with Crippen molar-refractivity contribution in [2.75, 3.05) is 6.54 Å². The number of rotatable bonds is 5. The summed E-state index contributed by atoms with van der Waals surface area (Å²) in [7, 11) is 0. The molecular formula is C14H19BrN2. The molecule has 1 N–H and O–H groups in total.